The fourth-order valence-corrected chi connectivity index (χ4v) is 2.05. The molecule has 0 atom stereocenters. The predicted octanol–water partition coefficient (Wildman–Crippen LogP) is 2.81. The first-order valence-corrected chi connectivity index (χ1v) is 6.79. The van der Waals surface area contributed by atoms with Crippen LogP contribution < -0.4 is 10.1 Å². The summed E-state index contributed by atoms with van der Waals surface area (Å²) in [5.41, 5.74) is 1.43. The van der Waals surface area contributed by atoms with Gasteiger partial charge in [-0.2, -0.15) is 5.26 Å². The zero-order chi connectivity index (χ0) is 13.5. The van der Waals surface area contributed by atoms with E-state index in [9.17, 15) is 0 Å². The number of rotatable bonds is 6. The van der Waals surface area contributed by atoms with Crippen LogP contribution in [0.2, 0.25) is 0 Å². The van der Waals surface area contributed by atoms with Crippen LogP contribution in [0.25, 0.3) is 0 Å². The van der Waals surface area contributed by atoms with Gasteiger partial charge in [-0.15, -0.1) is 5.10 Å². The maximum atomic E-state index is 8.71. The quantitative estimate of drug-likeness (QED) is 0.877. The zero-order valence-corrected chi connectivity index (χ0v) is 11.4. The summed E-state index contributed by atoms with van der Waals surface area (Å²) in [4.78, 5) is 0. The summed E-state index contributed by atoms with van der Waals surface area (Å²) in [5, 5.41) is 17.0. The minimum absolute atomic E-state index is 0.369. The molecule has 0 aliphatic rings. The number of nitrogens with zero attached hydrogens (tertiary/aromatic N) is 3. The highest BCUT2D eigenvalue weighted by atomic mass is 32.1. The van der Waals surface area contributed by atoms with Gasteiger partial charge in [0.1, 0.15) is 23.1 Å². The molecule has 0 aliphatic heterocycles. The number of ether oxygens (including phenoxy) is 1. The van der Waals surface area contributed by atoms with Crippen molar-refractivity contribution in [3.63, 3.8) is 0 Å². The van der Waals surface area contributed by atoms with Gasteiger partial charge >= 0.3 is 0 Å². The van der Waals surface area contributed by atoms with Gasteiger partial charge in [-0.1, -0.05) is 11.4 Å². The Balaban J connectivity index is 1.94. The van der Waals surface area contributed by atoms with Crippen LogP contribution in [0.1, 0.15) is 24.6 Å². The Morgan fingerprint density at radius 2 is 2.16 bits per heavy atom. The molecule has 0 bridgehead atoms. The van der Waals surface area contributed by atoms with E-state index in [-0.39, 0.29) is 0 Å². The fraction of sp³-hybridized carbons (Fsp3) is 0.308. The highest BCUT2D eigenvalue weighted by molar-refractivity contribution is 7.10. The first-order chi connectivity index (χ1) is 9.33. The average molecular weight is 274 g/mol. The molecule has 2 aromatic rings. The normalized spacial score (nSPS) is 9.89. The number of hydrogen-bond acceptors (Lipinski definition) is 6. The van der Waals surface area contributed by atoms with E-state index in [4.69, 9.17) is 10.00 Å². The summed E-state index contributed by atoms with van der Waals surface area (Å²) in [5.74, 6) is 0.716. The second-order valence-corrected chi connectivity index (χ2v) is 4.65. The number of aromatic nitrogens is 2. The van der Waals surface area contributed by atoms with E-state index < -0.39 is 0 Å². The number of hydrogen-bond donors (Lipinski definition) is 1. The second kappa shape index (κ2) is 6.71. The predicted molar refractivity (Wildman–Crippen MR) is 74.2 cm³/mol. The van der Waals surface area contributed by atoms with Crippen molar-refractivity contribution in [1.82, 2.24) is 9.59 Å². The van der Waals surface area contributed by atoms with Crippen LogP contribution in [-0.4, -0.2) is 16.1 Å². The molecule has 0 saturated carbocycles. The average Bonchev–Trinajstić information content (AvgIpc) is 2.91. The van der Waals surface area contributed by atoms with Crippen LogP contribution in [0.5, 0.6) is 5.75 Å². The molecule has 0 unspecified atom stereocenters. The Kier molecular flexibility index (Phi) is 4.70. The minimum atomic E-state index is 0.369. The third-order valence-corrected chi connectivity index (χ3v) is 3.18. The van der Waals surface area contributed by atoms with Crippen molar-refractivity contribution in [3.05, 3.63) is 35.5 Å². The number of anilines is 1. The molecular weight excluding hydrogens is 260 g/mol. The topological polar surface area (TPSA) is 70.8 Å². The standard InChI is InChI=1S/C13H14N4OS/c1-2-7-15-13-12(16-17-19-13)9-18-11-5-3-10(8-14)4-6-11/h3-6,15H,2,7,9H2,1H3. The van der Waals surface area contributed by atoms with E-state index in [1.54, 1.807) is 24.3 Å². The summed E-state index contributed by atoms with van der Waals surface area (Å²) < 4.78 is 9.55. The number of nitrogens with one attached hydrogen (secondary N) is 1. The van der Waals surface area contributed by atoms with Gasteiger partial charge in [-0.3, -0.25) is 0 Å². The van der Waals surface area contributed by atoms with E-state index in [1.807, 2.05) is 0 Å². The maximum Gasteiger partial charge on any atom is 0.136 e. The van der Waals surface area contributed by atoms with Crippen LogP contribution in [0.3, 0.4) is 0 Å². The summed E-state index contributed by atoms with van der Waals surface area (Å²) in [7, 11) is 0. The molecule has 98 valence electrons. The summed E-state index contributed by atoms with van der Waals surface area (Å²) in [6.07, 6.45) is 1.05. The summed E-state index contributed by atoms with van der Waals surface area (Å²) in [6, 6.07) is 9.07. The van der Waals surface area contributed by atoms with E-state index in [0.29, 0.717) is 17.9 Å². The number of nitriles is 1. The highest BCUT2D eigenvalue weighted by Crippen LogP contribution is 2.20. The monoisotopic (exact) mass is 274 g/mol. The Morgan fingerprint density at radius 3 is 2.84 bits per heavy atom. The Hall–Kier alpha value is -2.13. The molecule has 19 heavy (non-hydrogen) atoms. The lowest BCUT2D eigenvalue weighted by molar-refractivity contribution is 0.301. The van der Waals surface area contributed by atoms with Gasteiger partial charge in [0.2, 0.25) is 0 Å². The molecule has 0 fully saturated rings. The van der Waals surface area contributed by atoms with Crippen molar-refractivity contribution in [1.29, 1.82) is 5.26 Å². The highest BCUT2D eigenvalue weighted by Gasteiger charge is 2.08. The third-order valence-electron chi connectivity index (χ3n) is 2.45. The lowest BCUT2D eigenvalue weighted by atomic mass is 10.2. The smallest absolute Gasteiger partial charge is 0.136 e. The van der Waals surface area contributed by atoms with Crippen molar-refractivity contribution in [2.24, 2.45) is 0 Å². The first-order valence-electron chi connectivity index (χ1n) is 6.01. The van der Waals surface area contributed by atoms with Crippen molar-refractivity contribution < 1.29 is 4.74 Å². The third kappa shape index (κ3) is 3.66. The van der Waals surface area contributed by atoms with E-state index in [1.165, 1.54) is 11.5 Å². The number of benzene rings is 1. The molecule has 1 heterocycles. The molecule has 0 radical (unpaired) electrons. The van der Waals surface area contributed by atoms with E-state index in [0.717, 1.165) is 23.7 Å². The first kappa shape index (κ1) is 13.3. The fourth-order valence-electron chi connectivity index (χ4n) is 1.45. The van der Waals surface area contributed by atoms with Crippen LogP contribution in [0.4, 0.5) is 5.00 Å². The molecular formula is C13H14N4OS. The molecule has 1 N–H and O–H groups in total. The van der Waals surface area contributed by atoms with Crippen molar-refractivity contribution >= 4 is 16.5 Å². The maximum absolute atomic E-state index is 8.71. The van der Waals surface area contributed by atoms with Gasteiger partial charge in [0.15, 0.2) is 0 Å². The largest absolute Gasteiger partial charge is 0.487 e. The molecule has 1 aromatic carbocycles. The van der Waals surface area contributed by atoms with Crippen LogP contribution in [0.15, 0.2) is 24.3 Å². The lowest BCUT2D eigenvalue weighted by Gasteiger charge is -2.06. The van der Waals surface area contributed by atoms with Crippen LogP contribution >= 0.6 is 11.5 Å². The summed E-state index contributed by atoms with van der Waals surface area (Å²) >= 11 is 1.34. The van der Waals surface area contributed by atoms with Gasteiger partial charge in [-0.25, -0.2) is 0 Å². The minimum Gasteiger partial charge on any atom is -0.487 e. The SMILES string of the molecule is CCCNc1snnc1COc1ccc(C#N)cc1. The van der Waals surface area contributed by atoms with Gasteiger partial charge in [0.25, 0.3) is 0 Å². The molecule has 0 spiro atoms. The lowest BCUT2D eigenvalue weighted by Crippen LogP contribution is -2.03. The molecule has 0 aliphatic carbocycles. The molecule has 5 nitrogen and oxygen atoms in total. The van der Waals surface area contributed by atoms with Gasteiger partial charge in [0, 0.05) is 18.1 Å². The van der Waals surface area contributed by atoms with Gasteiger partial charge in [0.05, 0.1) is 11.6 Å². The van der Waals surface area contributed by atoms with Gasteiger partial charge < -0.3 is 10.1 Å². The molecule has 0 amide bonds. The van der Waals surface area contributed by atoms with Crippen LogP contribution in [0, 0.1) is 11.3 Å². The Labute approximate surface area is 116 Å². The molecule has 0 saturated heterocycles. The molecule has 6 heteroatoms. The molecule has 1 aromatic heterocycles. The summed E-state index contributed by atoms with van der Waals surface area (Å²) in [6.45, 7) is 3.37. The zero-order valence-electron chi connectivity index (χ0n) is 10.6. The van der Waals surface area contributed by atoms with E-state index >= 15 is 0 Å². The van der Waals surface area contributed by atoms with Crippen molar-refractivity contribution in [3.8, 4) is 11.8 Å². The molecule has 2 rings (SSSR count). The Morgan fingerprint density at radius 1 is 1.37 bits per heavy atom. The second-order valence-electron chi connectivity index (χ2n) is 3.90. The van der Waals surface area contributed by atoms with Crippen molar-refractivity contribution in [2.75, 3.05) is 11.9 Å². The van der Waals surface area contributed by atoms with E-state index in [2.05, 4.69) is 27.9 Å². The van der Waals surface area contributed by atoms with Gasteiger partial charge in [-0.05, 0) is 30.7 Å². The van der Waals surface area contributed by atoms with Crippen molar-refractivity contribution in [2.45, 2.75) is 20.0 Å². The van der Waals surface area contributed by atoms with Crippen LogP contribution in [-0.2, 0) is 6.61 Å². The Bertz CT molecular complexity index is 559.